The highest BCUT2D eigenvalue weighted by Gasteiger charge is 2.15. The van der Waals surface area contributed by atoms with Gasteiger partial charge in [-0.05, 0) is 18.6 Å². The quantitative estimate of drug-likeness (QED) is 0.473. The van der Waals surface area contributed by atoms with Crippen molar-refractivity contribution in [3.8, 4) is 5.75 Å². The van der Waals surface area contributed by atoms with Crippen molar-refractivity contribution >= 4 is 17.6 Å². The van der Waals surface area contributed by atoms with Crippen molar-refractivity contribution in [2.24, 2.45) is 0 Å². The van der Waals surface area contributed by atoms with Gasteiger partial charge in [0.1, 0.15) is 11.3 Å². The Morgan fingerprint density at radius 2 is 2.15 bits per heavy atom. The maximum Gasteiger partial charge on any atom is 0.341 e. The van der Waals surface area contributed by atoms with E-state index in [-0.39, 0.29) is 29.5 Å². The molecule has 1 aromatic carbocycles. The number of benzene rings is 1. The van der Waals surface area contributed by atoms with Crippen molar-refractivity contribution in [2.45, 2.75) is 6.42 Å². The highest BCUT2D eigenvalue weighted by Crippen LogP contribution is 2.24. The van der Waals surface area contributed by atoms with Gasteiger partial charge in [-0.15, -0.1) is 0 Å². The number of amides is 1. The van der Waals surface area contributed by atoms with E-state index in [0.29, 0.717) is 19.6 Å². The van der Waals surface area contributed by atoms with Gasteiger partial charge in [0.15, 0.2) is 6.61 Å². The number of ether oxygens (including phenoxy) is 2. The molecule has 20 heavy (non-hydrogen) atoms. The molecule has 0 unspecified atom stereocenters. The van der Waals surface area contributed by atoms with E-state index in [1.54, 1.807) is 13.2 Å². The third kappa shape index (κ3) is 4.77. The van der Waals surface area contributed by atoms with Crippen LogP contribution in [0.1, 0.15) is 16.8 Å². The number of hydrogen-bond acceptors (Lipinski definition) is 5. The Morgan fingerprint density at radius 1 is 1.40 bits per heavy atom. The van der Waals surface area contributed by atoms with Crippen LogP contribution in [0.4, 0.5) is 5.69 Å². The summed E-state index contributed by atoms with van der Waals surface area (Å²) in [7, 11) is 1.58. The number of aromatic carboxylic acids is 1. The summed E-state index contributed by atoms with van der Waals surface area (Å²) in [4.78, 5) is 22.5. The Morgan fingerprint density at radius 3 is 2.80 bits per heavy atom. The summed E-state index contributed by atoms with van der Waals surface area (Å²) in [5.74, 6) is -1.46. The van der Waals surface area contributed by atoms with Crippen molar-refractivity contribution in [3.05, 3.63) is 23.8 Å². The first kappa shape index (κ1) is 15.8. The zero-order valence-corrected chi connectivity index (χ0v) is 11.2. The molecule has 0 radical (unpaired) electrons. The molecular formula is C13H18N2O5. The summed E-state index contributed by atoms with van der Waals surface area (Å²) in [6.45, 7) is 0.759. The molecule has 0 aliphatic carbocycles. The smallest absolute Gasteiger partial charge is 0.341 e. The molecule has 110 valence electrons. The van der Waals surface area contributed by atoms with E-state index in [1.165, 1.54) is 12.1 Å². The highest BCUT2D eigenvalue weighted by molar-refractivity contribution is 5.96. The first-order valence-electron chi connectivity index (χ1n) is 6.06. The lowest BCUT2D eigenvalue weighted by molar-refractivity contribution is -0.123. The standard InChI is InChI=1S/C13H18N2O5/c1-19-7-3-6-15-11(16)8-20-10-5-2-4-9(14)12(10)13(17)18/h2,4-5H,3,6-8,14H2,1H3,(H,15,16)(H,17,18). The number of nitrogens with one attached hydrogen (secondary N) is 1. The lowest BCUT2D eigenvalue weighted by Gasteiger charge is -2.10. The van der Waals surface area contributed by atoms with Crippen LogP contribution in [0.3, 0.4) is 0 Å². The fraction of sp³-hybridized carbons (Fsp3) is 0.385. The Hall–Kier alpha value is -2.28. The second-order valence-electron chi connectivity index (χ2n) is 4.01. The van der Waals surface area contributed by atoms with Crippen molar-refractivity contribution in [3.63, 3.8) is 0 Å². The molecule has 1 aromatic rings. The fourth-order valence-corrected chi connectivity index (χ4v) is 1.54. The van der Waals surface area contributed by atoms with Crippen LogP contribution in [0.15, 0.2) is 18.2 Å². The zero-order chi connectivity index (χ0) is 15.0. The average Bonchev–Trinajstić information content (AvgIpc) is 2.41. The van der Waals surface area contributed by atoms with Gasteiger partial charge < -0.3 is 25.6 Å². The number of rotatable bonds is 8. The van der Waals surface area contributed by atoms with Crippen LogP contribution in [-0.4, -0.2) is 43.9 Å². The van der Waals surface area contributed by atoms with Crippen LogP contribution >= 0.6 is 0 Å². The second-order valence-corrected chi connectivity index (χ2v) is 4.01. The Balaban J connectivity index is 2.51. The summed E-state index contributed by atoms with van der Waals surface area (Å²) in [5.41, 5.74) is 5.52. The number of carbonyl (C=O) groups is 2. The van der Waals surface area contributed by atoms with Gasteiger partial charge in [-0.1, -0.05) is 6.07 Å². The van der Waals surface area contributed by atoms with E-state index in [4.69, 9.17) is 20.3 Å². The molecule has 4 N–H and O–H groups in total. The van der Waals surface area contributed by atoms with Gasteiger partial charge in [-0.2, -0.15) is 0 Å². The van der Waals surface area contributed by atoms with Gasteiger partial charge in [-0.25, -0.2) is 4.79 Å². The maximum atomic E-state index is 11.5. The molecule has 0 aliphatic rings. The third-order valence-electron chi connectivity index (χ3n) is 2.48. The second kappa shape index (κ2) is 8.00. The van der Waals surface area contributed by atoms with Crippen LogP contribution in [0.5, 0.6) is 5.75 Å². The number of carboxylic acids is 1. The molecule has 0 aliphatic heterocycles. The molecule has 0 heterocycles. The predicted octanol–water partition coefficient (Wildman–Crippen LogP) is 0.498. The molecule has 0 fully saturated rings. The number of carbonyl (C=O) groups excluding carboxylic acids is 1. The molecule has 1 rings (SSSR count). The Bertz CT molecular complexity index is 476. The minimum Gasteiger partial charge on any atom is -0.483 e. The van der Waals surface area contributed by atoms with E-state index >= 15 is 0 Å². The van der Waals surface area contributed by atoms with Crippen LogP contribution in [-0.2, 0) is 9.53 Å². The topological polar surface area (TPSA) is 111 Å². The number of methoxy groups -OCH3 is 1. The van der Waals surface area contributed by atoms with Crippen LogP contribution in [0, 0.1) is 0 Å². The van der Waals surface area contributed by atoms with Gasteiger partial charge in [0, 0.05) is 25.9 Å². The van der Waals surface area contributed by atoms with Gasteiger partial charge in [0.05, 0.1) is 0 Å². The van der Waals surface area contributed by atoms with Crippen molar-refractivity contribution in [1.29, 1.82) is 0 Å². The lowest BCUT2D eigenvalue weighted by atomic mass is 10.1. The molecule has 0 saturated heterocycles. The molecule has 0 atom stereocenters. The van der Waals surface area contributed by atoms with Gasteiger partial charge in [-0.3, -0.25) is 4.79 Å². The number of nitrogens with two attached hydrogens (primary N) is 1. The van der Waals surface area contributed by atoms with Crippen LogP contribution < -0.4 is 15.8 Å². The molecule has 7 heteroatoms. The zero-order valence-electron chi connectivity index (χ0n) is 11.2. The highest BCUT2D eigenvalue weighted by atomic mass is 16.5. The summed E-state index contributed by atoms with van der Waals surface area (Å²) in [6.07, 6.45) is 0.695. The predicted molar refractivity (Wildman–Crippen MR) is 72.8 cm³/mol. The van der Waals surface area contributed by atoms with Crippen molar-refractivity contribution in [2.75, 3.05) is 32.6 Å². The van der Waals surface area contributed by atoms with Gasteiger partial charge in [0.2, 0.25) is 0 Å². The van der Waals surface area contributed by atoms with Crippen LogP contribution in [0.25, 0.3) is 0 Å². The normalized spacial score (nSPS) is 10.1. The Kier molecular flexibility index (Phi) is 6.31. The number of carboxylic acid groups (broad SMARTS) is 1. The molecule has 0 aromatic heterocycles. The largest absolute Gasteiger partial charge is 0.483 e. The van der Waals surface area contributed by atoms with E-state index in [0.717, 1.165) is 0 Å². The van der Waals surface area contributed by atoms with E-state index < -0.39 is 5.97 Å². The summed E-state index contributed by atoms with van der Waals surface area (Å²) >= 11 is 0. The molecule has 7 nitrogen and oxygen atoms in total. The number of anilines is 1. The van der Waals surface area contributed by atoms with Gasteiger partial charge in [0.25, 0.3) is 5.91 Å². The SMILES string of the molecule is COCCCNC(=O)COc1cccc(N)c1C(=O)O. The van der Waals surface area contributed by atoms with Crippen molar-refractivity contribution in [1.82, 2.24) is 5.32 Å². The third-order valence-corrected chi connectivity index (χ3v) is 2.48. The number of nitrogen functional groups attached to an aromatic ring is 1. The number of hydrogen-bond donors (Lipinski definition) is 3. The molecular weight excluding hydrogens is 264 g/mol. The summed E-state index contributed by atoms with van der Waals surface area (Å²) in [6, 6.07) is 4.48. The van der Waals surface area contributed by atoms with E-state index in [1.807, 2.05) is 0 Å². The maximum absolute atomic E-state index is 11.5. The Labute approximate surface area is 116 Å². The van der Waals surface area contributed by atoms with Gasteiger partial charge >= 0.3 is 5.97 Å². The van der Waals surface area contributed by atoms with E-state index in [9.17, 15) is 9.59 Å². The minimum absolute atomic E-state index is 0.0736. The molecule has 0 spiro atoms. The molecule has 1 amide bonds. The monoisotopic (exact) mass is 282 g/mol. The summed E-state index contributed by atoms with van der Waals surface area (Å²) < 4.78 is 10.0. The first-order chi connectivity index (χ1) is 9.56. The van der Waals surface area contributed by atoms with Crippen molar-refractivity contribution < 1.29 is 24.2 Å². The lowest BCUT2D eigenvalue weighted by Crippen LogP contribution is -2.30. The fourth-order valence-electron chi connectivity index (χ4n) is 1.54. The molecule has 0 bridgehead atoms. The summed E-state index contributed by atoms with van der Waals surface area (Å²) in [5, 5.41) is 11.7. The first-order valence-corrected chi connectivity index (χ1v) is 6.06. The minimum atomic E-state index is -1.20. The molecule has 0 saturated carbocycles. The van der Waals surface area contributed by atoms with Crippen LogP contribution in [0.2, 0.25) is 0 Å². The average molecular weight is 282 g/mol. The van der Waals surface area contributed by atoms with E-state index in [2.05, 4.69) is 5.32 Å².